The van der Waals surface area contributed by atoms with E-state index >= 15 is 0 Å². The Balaban J connectivity index is 2.61. The summed E-state index contributed by atoms with van der Waals surface area (Å²) in [5.41, 5.74) is 0. The lowest BCUT2D eigenvalue weighted by molar-refractivity contribution is 0.100. The highest BCUT2D eigenvalue weighted by molar-refractivity contribution is 7.07. The van der Waals surface area contributed by atoms with Crippen LogP contribution in [0.1, 0.15) is 23.0 Å². The van der Waals surface area contributed by atoms with Crippen LogP contribution >= 0.6 is 11.5 Å². The third-order valence-corrected chi connectivity index (χ3v) is 1.77. The van der Waals surface area contributed by atoms with E-state index in [1.807, 2.05) is 0 Å². The Morgan fingerprint density at radius 2 is 2.64 bits per heavy atom. The second-order valence-electron chi connectivity index (χ2n) is 1.81. The molecule has 3 nitrogen and oxygen atoms in total. The van der Waals surface area contributed by atoms with Crippen LogP contribution in [0.15, 0.2) is 6.20 Å². The van der Waals surface area contributed by atoms with Crippen LogP contribution in [0.5, 0.6) is 0 Å². The molecule has 0 saturated heterocycles. The standard InChI is InChI=1S/C7H6N2OS/c1-2-3-4-6(10)7-5-8-9-11-7/h5H,4H2,1H3. The lowest BCUT2D eigenvalue weighted by Gasteiger charge is -1.84. The number of carbonyl (C=O) groups is 1. The van der Waals surface area contributed by atoms with Gasteiger partial charge in [-0.1, -0.05) is 10.4 Å². The Morgan fingerprint density at radius 3 is 3.18 bits per heavy atom. The number of Topliss-reactive ketones (excluding diaryl/α,β-unsaturated/α-hetero) is 1. The van der Waals surface area contributed by atoms with Gasteiger partial charge in [-0.25, -0.2) is 0 Å². The molecule has 0 aliphatic heterocycles. The molecule has 1 rings (SSSR count). The Morgan fingerprint density at radius 1 is 1.82 bits per heavy atom. The summed E-state index contributed by atoms with van der Waals surface area (Å²) in [6.45, 7) is 1.71. The second-order valence-corrected chi connectivity index (χ2v) is 2.59. The van der Waals surface area contributed by atoms with E-state index in [1.54, 1.807) is 6.92 Å². The summed E-state index contributed by atoms with van der Waals surface area (Å²) >= 11 is 1.10. The molecule has 0 atom stereocenters. The van der Waals surface area contributed by atoms with Gasteiger partial charge in [0.25, 0.3) is 0 Å². The minimum absolute atomic E-state index is 0.00523. The van der Waals surface area contributed by atoms with E-state index in [2.05, 4.69) is 21.4 Å². The van der Waals surface area contributed by atoms with Gasteiger partial charge in [-0.2, -0.15) is 0 Å². The molecule has 4 heteroatoms. The molecule has 0 N–H and O–H groups in total. The van der Waals surface area contributed by atoms with Crippen molar-refractivity contribution in [1.29, 1.82) is 0 Å². The number of hydrogen-bond donors (Lipinski definition) is 0. The number of ketones is 1. The van der Waals surface area contributed by atoms with Crippen LogP contribution < -0.4 is 0 Å². The predicted molar refractivity (Wildman–Crippen MR) is 42.3 cm³/mol. The summed E-state index contributed by atoms with van der Waals surface area (Å²) in [7, 11) is 0. The maximum absolute atomic E-state index is 11.1. The first-order chi connectivity index (χ1) is 5.34. The van der Waals surface area contributed by atoms with Crippen molar-refractivity contribution in [2.24, 2.45) is 0 Å². The molecule has 0 bridgehead atoms. The molecule has 0 aromatic carbocycles. The molecule has 0 amide bonds. The van der Waals surface area contributed by atoms with E-state index in [9.17, 15) is 4.79 Å². The Kier molecular flexibility index (Phi) is 2.75. The van der Waals surface area contributed by atoms with E-state index in [-0.39, 0.29) is 12.2 Å². The van der Waals surface area contributed by atoms with Gasteiger partial charge in [-0.3, -0.25) is 4.79 Å². The van der Waals surface area contributed by atoms with Crippen LogP contribution in [0.4, 0.5) is 0 Å². The highest BCUT2D eigenvalue weighted by Crippen LogP contribution is 2.04. The van der Waals surface area contributed by atoms with Crippen molar-refractivity contribution >= 4 is 17.3 Å². The van der Waals surface area contributed by atoms with Gasteiger partial charge in [-0.15, -0.1) is 11.0 Å². The fourth-order valence-electron chi connectivity index (χ4n) is 0.546. The lowest BCUT2D eigenvalue weighted by Crippen LogP contribution is -1.92. The predicted octanol–water partition coefficient (Wildman–Crippen LogP) is 1.13. The number of aromatic nitrogens is 2. The van der Waals surface area contributed by atoms with Crippen LogP contribution in [-0.4, -0.2) is 15.4 Å². The quantitative estimate of drug-likeness (QED) is 0.488. The molecule has 1 aromatic heterocycles. The van der Waals surface area contributed by atoms with Gasteiger partial charge in [0.2, 0.25) is 0 Å². The monoisotopic (exact) mass is 166 g/mol. The van der Waals surface area contributed by atoms with Gasteiger partial charge in [0.15, 0.2) is 5.78 Å². The normalized spacial score (nSPS) is 8.45. The summed E-state index contributed by atoms with van der Waals surface area (Å²) in [6, 6.07) is 0. The number of rotatable bonds is 2. The molecule has 0 unspecified atom stereocenters. The van der Waals surface area contributed by atoms with Crippen LogP contribution in [0.25, 0.3) is 0 Å². The van der Waals surface area contributed by atoms with Gasteiger partial charge in [-0.05, 0) is 18.5 Å². The molecule has 11 heavy (non-hydrogen) atoms. The second kappa shape index (κ2) is 3.84. The number of nitrogens with zero attached hydrogens (tertiary/aromatic N) is 2. The first-order valence-electron chi connectivity index (χ1n) is 3.04. The van der Waals surface area contributed by atoms with Crippen LogP contribution in [0, 0.1) is 11.8 Å². The largest absolute Gasteiger partial charge is 0.292 e. The van der Waals surface area contributed by atoms with Crippen molar-refractivity contribution in [3.8, 4) is 11.8 Å². The van der Waals surface area contributed by atoms with Gasteiger partial charge in [0.05, 0.1) is 12.6 Å². The molecular formula is C7H6N2OS. The van der Waals surface area contributed by atoms with Crippen LogP contribution in [0.2, 0.25) is 0 Å². The highest BCUT2D eigenvalue weighted by Gasteiger charge is 2.05. The number of carbonyl (C=O) groups excluding carboxylic acids is 1. The molecule has 0 radical (unpaired) electrons. The van der Waals surface area contributed by atoms with Crippen molar-refractivity contribution in [2.45, 2.75) is 13.3 Å². The fourth-order valence-corrected chi connectivity index (χ4v) is 0.996. The maximum Gasteiger partial charge on any atom is 0.187 e. The first kappa shape index (κ1) is 7.89. The van der Waals surface area contributed by atoms with Crippen molar-refractivity contribution < 1.29 is 4.79 Å². The molecule has 0 fully saturated rings. The van der Waals surface area contributed by atoms with Crippen molar-refractivity contribution in [1.82, 2.24) is 9.59 Å². The van der Waals surface area contributed by atoms with Gasteiger partial charge >= 0.3 is 0 Å². The molecule has 0 aliphatic carbocycles. The van der Waals surface area contributed by atoms with E-state index in [1.165, 1.54) is 6.20 Å². The molecule has 1 aromatic rings. The minimum atomic E-state index is -0.00523. The average molecular weight is 166 g/mol. The van der Waals surface area contributed by atoms with E-state index in [0.29, 0.717) is 4.88 Å². The summed E-state index contributed by atoms with van der Waals surface area (Å²) in [4.78, 5) is 11.7. The number of hydrogen-bond acceptors (Lipinski definition) is 4. The van der Waals surface area contributed by atoms with E-state index in [4.69, 9.17) is 0 Å². The summed E-state index contributed by atoms with van der Waals surface area (Å²) in [5, 5.41) is 3.55. The zero-order valence-electron chi connectivity index (χ0n) is 6.00. The van der Waals surface area contributed by atoms with Crippen LogP contribution in [0.3, 0.4) is 0 Å². The molecule has 0 aliphatic rings. The fraction of sp³-hybridized carbons (Fsp3) is 0.286. The molecule has 0 spiro atoms. The third-order valence-electron chi connectivity index (χ3n) is 1.06. The first-order valence-corrected chi connectivity index (χ1v) is 3.82. The van der Waals surface area contributed by atoms with Gasteiger partial charge < -0.3 is 0 Å². The third kappa shape index (κ3) is 2.13. The Bertz CT molecular complexity index is 294. The molecule has 56 valence electrons. The topological polar surface area (TPSA) is 42.9 Å². The van der Waals surface area contributed by atoms with Crippen molar-refractivity contribution in [3.63, 3.8) is 0 Å². The molecule has 0 saturated carbocycles. The summed E-state index contributed by atoms with van der Waals surface area (Å²) in [6.07, 6.45) is 1.73. The van der Waals surface area contributed by atoms with Crippen molar-refractivity contribution in [3.05, 3.63) is 11.1 Å². The van der Waals surface area contributed by atoms with Gasteiger partial charge in [0.1, 0.15) is 4.88 Å². The lowest BCUT2D eigenvalue weighted by atomic mass is 10.2. The molecule has 1 heterocycles. The van der Waals surface area contributed by atoms with Crippen LogP contribution in [-0.2, 0) is 0 Å². The highest BCUT2D eigenvalue weighted by atomic mass is 32.1. The van der Waals surface area contributed by atoms with Gasteiger partial charge in [0, 0.05) is 0 Å². The minimum Gasteiger partial charge on any atom is -0.292 e. The summed E-state index contributed by atoms with van der Waals surface area (Å²) < 4.78 is 3.57. The van der Waals surface area contributed by atoms with E-state index in [0.717, 1.165) is 11.5 Å². The maximum atomic E-state index is 11.1. The SMILES string of the molecule is CC#CCC(=O)c1cnns1. The Hall–Kier alpha value is -1.21. The summed E-state index contributed by atoms with van der Waals surface area (Å²) in [5.74, 6) is 5.34. The van der Waals surface area contributed by atoms with Crippen molar-refractivity contribution in [2.75, 3.05) is 0 Å². The molecular weight excluding hydrogens is 160 g/mol. The van der Waals surface area contributed by atoms with E-state index < -0.39 is 0 Å². The smallest absolute Gasteiger partial charge is 0.187 e. The average Bonchev–Trinajstić information content (AvgIpc) is 2.52. The zero-order valence-corrected chi connectivity index (χ0v) is 6.81. The Labute approximate surface area is 68.6 Å². The zero-order chi connectivity index (χ0) is 8.10.